The smallest absolute Gasteiger partial charge is 0.0386 e. The van der Waals surface area contributed by atoms with Crippen molar-refractivity contribution in [3.63, 3.8) is 0 Å². The van der Waals surface area contributed by atoms with E-state index in [0.29, 0.717) is 0 Å². The Kier molecular flexibility index (Phi) is 7.09. The van der Waals surface area contributed by atoms with Gasteiger partial charge in [-0.25, -0.2) is 0 Å². The van der Waals surface area contributed by atoms with E-state index in [1.165, 1.54) is 0 Å². The Balaban J connectivity index is 3.20. The maximum atomic E-state index is 5.69. The molecular weight excluding hydrogens is 342 g/mol. The highest BCUT2D eigenvalue weighted by atomic mass is 35.7. The molecule has 78 valence electrons. The van der Waals surface area contributed by atoms with Crippen LogP contribution >= 0.6 is 86.6 Å². The minimum atomic E-state index is 0.879. The van der Waals surface area contributed by atoms with Crippen LogP contribution in [0, 0.1) is 0 Å². The normalized spacial score (nSPS) is 10.6. The van der Waals surface area contributed by atoms with Crippen molar-refractivity contribution in [1.82, 2.24) is 0 Å². The van der Waals surface area contributed by atoms with Crippen LogP contribution in [0.5, 0.6) is 0 Å². The van der Waals surface area contributed by atoms with Gasteiger partial charge in [-0.05, 0) is 98.8 Å². The van der Waals surface area contributed by atoms with Gasteiger partial charge in [0.1, 0.15) is 0 Å². The van der Waals surface area contributed by atoms with E-state index in [2.05, 4.69) is 0 Å². The summed E-state index contributed by atoms with van der Waals surface area (Å²) in [6.07, 6.45) is 0. The molecule has 0 unspecified atom stereocenters. The molecule has 0 radical (unpaired) electrons. The first-order valence-electron chi connectivity index (χ1n) is 3.09. The zero-order chi connectivity index (χ0) is 10.6. The van der Waals surface area contributed by atoms with Gasteiger partial charge in [0.2, 0.25) is 0 Å². The molecule has 0 spiro atoms. The Labute approximate surface area is 117 Å². The predicted octanol–water partition coefficient (Wildman–Crippen LogP) is 6.67. The molecule has 8 heteroatoms. The molecule has 0 aromatic heterocycles. The van der Waals surface area contributed by atoms with E-state index >= 15 is 0 Å². The monoisotopic (exact) mass is 342 g/mol. The van der Waals surface area contributed by atoms with Crippen molar-refractivity contribution in [2.24, 2.45) is 0 Å². The van der Waals surface area contributed by atoms with Crippen molar-refractivity contribution in [1.29, 1.82) is 0 Å². The van der Waals surface area contributed by atoms with Crippen LogP contribution in [0.25, 0.3) is 0 Å². The van der Waals surface area contributed by atoms with Crippen LogP contribution in [0.4, 0.5) is 0 Å². The van der Waals surface area contributed by atoms with Crippen molar-refractivity contribution in [3.8, 4) is 0 Å². The molecule has 0 aliphatic rings. The fourth-order valence-corrected chi connectivity index (χ4v) is 4.68. The summed E-state index contributed by atoms with van der Waals surface area (Å²) in [5.41, 5.74) is 0. The lowest BCUT2D eigenvalue weighted by Gasteiger charge is -2.07. The quantitative estimate of drug-likeness (QED) is 0.598. The molecule has 14 heavy (non-hydrogen) atoms. The van der Waals surface area contributed by atoms with Crippen molar-refractivity contribution < 1.29 is 0 Å². The highest BCUT2D eigenvalue weighted by molar-refractivity contribution is 8.24. The first-order valence-corrected chi connectivity index (χ1v) is 9.66. The molecule has 1 aromatic carbocycles. The number of rotatable bonds is 4. The molecule has 1 rings (SSSR count). The topological polar surface area (TPSA) is 0 Å². The zero-order valence-corrected chi connectivity index (χ0v) is 12.6. The molecule has 1 aromatic rings. The standard InChI is InChI=1S/C6H2Cl4S4/c7-11-3-1-4(12-8)6(14-10)2-5(3)13-9/h1-2H. The molecular formula is C6H2Cl4S4. The predicted molar refractivity (Wildman–Crippen MR) is 73.3 cm³/mol. The fraction of sp³-hybridized carbons (Fsp3) is 0. The molecule has 0 atom stereocenters. The van der Waals surface area contributed by atoms with Crippen molar-refractivity contribution >= 4 is 86.6 Å². The van der Waals surface area contributed by atoms with E-state index in [9.17, 15) is 0 Å². The molecule has 0 aliphatic heterocycles. The third-order valence-corrected chi connectivity index (χ3v) is 5.61. The van der Waals surface area contributed by atoms with Crippen molar-refractivity contribution in [2.45, 2.75) is 19.6 Å². The van der Waals surface area contributed by atoms with Gasteiger partial charge in [-0.3, -0.25) is 0 Å². The van der Waals surface area contributed by atoms with Gasteiger partial charge in [0.15, 0.2) is 0 Å². The Morgan fingerprint density at radius 3 is 0.929 bits per heavy atom. The van der Waals surface area contributed by atoms with Crippen LogP contribution in [0.15, 0.2) is 31.7 Å². The summed E-state index contributed by atoms with van der Waals surface area (Å²) in [7, 11) is 27.2. The molecule has 0 saturated heterocycles. The lowest BCUT2D eigenvalue weighted by molar-refractivity contribution is 1.10. The summed E-state index contributed by atoms with van der Waals surface area (Å²) in [5.74, 6) is 0. The first kappa shape index (κ1) is 13.8. The number of hydrogen-bond acceptors (Lipinski definition) is 4. The van der Waals surface area contributed by atoms with Crippen LogP contribution in [-0.4, -0.2) is 0 Å². The van der Waals surface area contributed by atoms with Crippen molar-refractivity contribution in [2.75, 3.05) is 0 Å². The Morgan fingerprint density at radius 1 is 0.571 bits per heavy atom. The number of benzene rings is 1. The third-order valence-electron chi connectivity index (χ3n) is 1.34. The molecule has 0 N–H and O–H groups in total. The van der Waals surface area contributed by atoms with E-state index in [-0.39, 0.29) is 0 Å². The summed E-state index contributed by atoms with van der Waals surface area (Å²) >= 11 is 0. The molecule has 0 amide bonds. The van der Waals surface area contributed by atoms with E-state index in [1.807, 2.05) is 12.1 Å². The van der Waals surface area contributed by atoms with Gasteiger partial charge in [0, 0.05) is 19.6 Å². The second-order valence-corrected chi connectivity index (χ2v) is 6.28. The van der Waals surface area contributed by atoms with Crippen LogP contribution < -0.4 is 0 Å². The lowest BCUT2D eigenvalue weighted by atomic mass is 10.3. The molecule has 0 saturated carbocycles. The summed E-state index contributed by atoms with van der Waals surface area (Å²) in [6, 6.07) is 3.73. The summed E-state index contributed by atoms with van der Waals surface area (Å²) in [6.45, 7) is 0. The van der Waals surface area contributed by atoms with E-state index in [4.69, 9.17) is 42.7 Å². The fourth-order valence-electron chi connectivity index (χ4n) is 0.764. The minimum Gasteiger partial charge on any atom is -0.0386 e. The molecule has 0 aliphatic carbocycles. The molecule has 0 bridgehead atoms. The summed E-state index contributed by atoms with van der Waals surface area (Å²) in [4.78, 5) is 3.52. The van der Waals surface area contributed by atoms with Crippen LogP contribution in [0.3, 0.4) is 0 Å². The second kappa shape index (κ2) is 7.17. The van der Waals surface area contributed by atoms with Gasteiger partial charge >= 0.3 is 0 Å². The average Bonchev–Trinajstić information content (AvgIpc) is 2.26. The number of hydrogen-bond donors (Lipinski definition) is 0. The lowest BCUT2D eigenvalue weighted by Crippen LogP contribution is -1.80. The third kappa shape index (κ3) is 3.39. The minimum absolute atomic E-state index is 0.879. The SMILES string of the molecule is ClSc1cc(SCl)c(SCl)cc1SCl. The van der Waals surface area contributed by atoms with Gasteiger partial charge < -0.3 is 0 Å². The zero-order valence-electron chi connectivity index (χ0n) is 6.30. The maximum absolute atomic E-state index is 5.69. The highest BCUT2D eigenvalue weighted by Crippen LogP contribution is 2.44. The number of halogens is 4. The van der Waals surface area contributed by atoms with Crippen LogP contribution in [0.1, 0.15) is 0 Å². The van der Waals surface area contributed by atoms with Crippen LogP contribution in [0.2, 0.25) is 0 Å². The van der Waals surface area contributed by atoms with E-state index in [0.717, 1.165) is 63.5 Å². The highest BCUT2D eigenvalue weighted by Gasteiger charge is 2.10. The Bertz CT molecular complexity index is 261. The van der Waals surface area contributed by atoms with Crippen molar-refractivity contribution in [3.05, 3.63) is 12.1 Å². The van der Waals surface area contributed by atoms with Gasteiger partial charge in [0.25, 0.3) is 0 Å². The molecule has 0 fully saturated rings. The van der Waals surface area contributed by atoms with Crippen LogP contribution in [-0.2, 0) is 0 Å². The van der Waals surface area contributed by atoms with E-state index < -0.39 is 0 Å². The van der Waals surface area contributed by atoms with Gasteiger partial charge in [-0.1, -0.05) is 0 Å². The Hall–Kier alpha value is 1.78. The van der Waals surface area contributed by atoms with E-state index in [1.54, 1.807) is 0 Å². The molecule has 0 nitrogen and oxygen atoms in total. The maximum Gasteiger partial charge on any atom is 0.0393 e. The Morgan fingerprint density at radius 2 is 0.786 bits per heavy atom. The summed E-state index contributed by atoms with van der Waals surface area (Å²) in [5, 5.41) is 0. The van der Waals surface area contributed by atoms with Gasteiger partial charge in [-0.2, -0.15) is 0 Å². The average molecular weight is 344 g/mol. The first-order chi connectivity index (χ1) is 6.76. The van der Waals surface area contributed by atoms with Gasteiger partial charge in [-0.15, -0.1) is 0 Å². The van der Waals surface area contributed by atoms with Gasteiger partial charge in [0.05, 0.1) is 0 Å². The second-order valence-electron chi connectivity index (χ2n) is 2.05. The largest absolute Gasteiger partial charge is 0.0393 e. The summed E-state index contributed by atoms with van der Waals surface area (Å²) < 4.78 is 0. The molecule has 0 heterocycles.